The number of alkyl halides is 2. The van der Waals surface area contributed by atoms with E-state index in [2.05, 4.69) is 14.8 Å². The highest BCUT2D eigenvalue weighted by Crippen LogP contribution is 2.28. The Labute approximate surface area is 175 Å². The molecule has 0 bridgehead atoms. The number of morpholine rings is 1. The SMILES string of the molecule is Fc1cccc(N2CCC[C@@H](N(CC(F)F)c3cc(N4CCOCC4)ccn3)C2)c1. The van der Waals surface area contributed by atoms with Crippen LogP contribution >= 0.6 is 0 Å². The van der Waals surface area contributed by atoms with Gasteiger partial charge in [0.15, 0.2) is 0 Å². The van der Waals surface area contributed by atoms with Crippen molar-refractivity contribution in [2.45, 2.75) is 25.3 Å². The van der Waals surface area contributed by atoms with Gasteiger partial charge in [-0.25, -0.2) is 18.2 Å². The summed E-state index contributed by atoms with van der Waals surface area (Å²) in [6, 6.07) is 10.1. The fourth-order valence-corrected chi connectivity index (χ4v) is 4.28. The molecule has 5 nitrogen and oxygen atoms in total. The van der Waals surface area contributed by atoms with E-state index in [1.54, 1.807) is 17.2 Å². The lowest BCUT2D eigenvalue weighted by Gasteiger charge is -2.41. The van der Waals surface area contributed by atoms with Gasteiger partial charge >= 0.3 is 0 Å². The smallest absolute Gasteiger partial charge is 0.255 e. The summed E-state index contributed by atoms with van der Waals surface area (Å²) in [5.41, 5.74) is 1.76. The molecule has 0 saturated carbocycles. The maximum atomic E-state index is 13.7. The topological polar surface area (TPSA) is 31.8 Å². The van der Waals surface area contributed by atoms with Gasteiger partial charge in [0.25, 0.3) is 6.43 Å². The second-order valence-electron chi connectivity index (χ2n) is 7.74. The molecule has 162 valence electrons. The van der Waals surface area contributed by atoms with Crippen LogP contribution in [-0.2, 0) is 4.74 Å². The normalized spacial score (nSPS) is 19.9. The number of benzene rings is 1. The highest BCUT2D eigenvalue weighted by molar-refractivity contribution is 5.56. The highest BCUT2D eigenvalue weighted by atomic mass is 19.3. The summed E-state index contributed by atoms with van der Waals surface area (Å²) in [6.07, 6.45) is 0.862. The number of halogens is 3. The fourth-order valence-electron chi connectivity index (χ4n) is 4.28. The number of ether oxygens (including phenoxy) is 1. The number of aromatic nitrogens is 1. The van der Waals surface area contributed by atoms with Gasteiger partial charge < -0.3 is 19.4 Å². The van der Waals surface area contributed by atoms with Gasteiger partial charge in [-0.1, -0.05) is 6.07 Å². The predicted octanol–water partition coefficient (Wildman–Crippen LogP) is 3.80. The van der Waals surface area contributed by atoms with Crippen molar-refractivity contribution in [3.05, 3.63) is 48.4 Å². The third-order valence-corrected chi connectivity index (χ3v) is 5.74. The molecule has 30 heavy (non-hydrogen) atoms. The number of piperidine rings is 1. The van der Waals surface area contributed by atoms with Gasteiger partial charge in [0.05, 0.1) is 19.8 Å². The Morgan fingerprint density at radius 1 is 1.07 bits per heavy atom. The van der Waals surface area contributed by atoms with E-state index in [4.69, 9.17) is 4.74 Å². The number of nitrogens with zero attached hydrogens (tertiary/aromatic N) is 4. The molecular formula is C22H27F3N4O. The minimum atomic E-state index is -2.47. The number of rotatable bonds is 6. The van der Waals surface area contributed by atoms with Crippen LogP contribution in [0.2, 0.25) is 0 Å². The van der Waals surface area contributed by atoms with E-state index in [9.17, 15) is 13.2 Å². The molecule has 2 aromatic rings. The second-order valence-corrected chi connectivity index (χ2v) is 7.74. The zero-order chi connectivity index (χ0) is 20.9. The Morgan fingerprint density at radius 3 is 2.63 bits per heavy atom. The lowest BCUT2D eigenvalue weighted by molar-refractivity contribution is 0.122. The van der Waals surface area contributed by atoms with Crippen LogP contribution in [0.4, 0.5) is 30.4 Å². The van der Waals surface area contributed by atoms with Crippen LogP contribution in [-0.4, -0.2) is 63.4 Å². The Kier molecular flexibility index (Phi) is 6.62. The van der Waals surface area contributed by atoms with E-state index >= 15 is 0 Å². The molecule has 2 aliphatic rings. The maximum Gasteiger partial charge on any atom is 0.255 e. The molecule has 1 atom stereocenters. The average Bonchev–Trinajstić information content (AvgIpc) is 2.78. The minimum Gasteiger partial charge on any atom is -0.378 e. The van der Waals surface area contributed by atoms with Crippen molar-refractivity contribution in [3.63, 3.8) is 0 Å². The van der Waals surface area contributed by atoms with Gasteiger partial charge in [-0.2, -0.15) is 0 Å². The maximum absolute atomic E-state index is 13.7. The quantitative estimate of drug-likeness (QED) is 0.710. The summed E-state index contributed by atoms with van der Waals surface area (Å²) in [7, 11) is 0. The Morgan fingerprint density at radius 2 is 1.87 bits per heavy atom. The van der Waals surface area contributed by atoms with E-state index in [1.807, 2.05) is 18.2 Å². The molecule has 0 amide bonds. The van der Waals surface area contributed by atoms with Crippen LogP contribution in [0.1, 0.15) is 12.8 Å². The van der Waals surface area contributed by atoms with Gasteiger partial charge in [0.1, 0.15) is 11.6 Å². The molecule has 1 aromatic heterocycles. The van der Waals surface area contributed by atoms with E-state index in [1.165, 1.54) is 12.1 Å². The molecule has 0 unspecified atom stereocenters. The molecule has 0 N–H and O–H groups in total. The second kappa shape index (κ2) is 9.55. The van der Waals surface area contributed by atoms with Crippen molar-refractivity contribution in [3.8, 4) is 0 Å². The highest BCUT2D eigenvalue weighted by Gasteiger charge is 2.29. The van der Waals surface area contributed by atoms with E-state index < -0.39 is 6.43 Å². The molecule has 2 fully saturated rings. The zero-order valence-electron chi connectivity index (χ0n) is 16.9. The van der Waals surface area contributed by atoms with Crippen molar-refractivity contribution in [2.24, 2.45) is 0 Å². The number of anilines is 3. The number of pyridine rings is 1. The molecule has 3 heterocycles. The summed E-state index contributed by atoms with van der Waals surface area (Å²) >= 11 is 0. The summed E-state index contributed by atoms with van der Waals surface area (Å²) < 4.78 is 46.1. The van der Waals surface area contributed by atoms with E-state index in [0.29, 0.717) is 25.6 Å². The molecular weight excluding hydrogens is 393 g/mol. The molecule has 4 rings (SSSR count). The van der Waals surface area contributed by atoms with Gasteiger partial charge in [0.2, 0.25) is 0 Å². The van der Waals surface area contributed by atoms with Crippen LogP contribution in [0.15, 0.2) is 42.6 Å². The standard InChI is InChI=1S/C22H27F3N4O/c23-17-3-1-4-18(13-17)28-8-2-5-20(15-28)29(16-21(24)25)22-14-19(6-7-26-22)27-9-11-30-12-10-27/h1,3-4,6-7,13-14,20-21H,2,5,8-12,15-16H2/t20-/m1/s1. The Bertz CT molecular complexity index is 832. The first-order valence-electron chi connectivity index (χ1n) is 10.4. The summed E-state index contributed by atoms with van der Waals surface area (Å²) in [5, 5.41) is 0. The fraction of sp³-hybridized carbons (Fsp3) is 0.500. The first-order chi connectivity index (χ1) is 14.6. The molecule has 8 heteroatoms. The van der Waals surface area contributed by atoms with Crippen LogP contribution < -0.4 is 14.7 Å². The summed E-state index contributed by atoms with van der Waals surface area (Å²) in [4.78, 5) is 10.4. The first kappa shape index (κ1) is 20.8. The summed E-state index contributed by atoms with van der Waals surface area (Å²) in [5.74, 6) is 0.268. The lowest BCUT2D eigenvalue weighted by atomic mass is 10.0. The van der Waals surface area contributed by atoms with Crippen LogP contribution in [0.5, 0.6) is 0 Å². The third-order valence-electron chi connectivity index (χ3n) is 5.74. The van der Waals surface area contributed by atoms with Crippen molar-refractivity contribution >= 4 is 17.2 Å². The molecule has 2 saturated heterocycles. The van der Waals surface area contributed by atoms with E-state index in [-0.39, 0.29) is 18.4 Å². The molecule has 0 radical (unpaired) electrons. The van der Waals surface area contributed by atoms with Crippen molar-refractivity contribution in [2.75, 3.05) is 60.6 Å². The van der Waals surface area contributed by atoms with Gasteiger partial charge in [-0.15, -0.1) is 0 Å². The van der Waals surface area contributed by atoms with Gasteiger partial charge in [0, 0.05) is 55.9 Å². The Hall–Kier alpha value is -2.48. The van der Waals surface area contributed by atoms with Crippen LogP contribution in [0.3, 0.4) is 0 Å². The molecule has 1 aromatic carbocycles. The van der Waals surface area contributed by atoms with Gasteiger partial charge in [-0.3, -0.25) is 0 Å². The van der Waals surface area contributed by atoms with Crippen LogP contribution in [0, 0.1) is 5.82 Å². The minimum absolute atomic E-state index is 0.122. The summed E-state index contributed by atoms with van der Waals surface area (Å²) in [6.45, 7) is 3.82. The number of hydrogen-bond donors (Lipinski definition) is 0. The van der Waals surface area contributed by atoms with Crippen LogP contribution in [0.25, 0.3) is 0 Å². The van der Waals surface area contributed by atoms with Crippen molar-refractivity contribution in [1.29, 1.82) is 0 Å². The molecule has 2 aliphatic heterocycles. The average molecular weight is 420 g/mol. The first-order valence-corrected chi connectivity index (χ1v) is 10.4. The van der Waals surface area contributed by atoms with Gasteiger partial charge in [-0.05, 0) is 37.1 Å². The number of hydrogen-bond acceptors (Lipinski definition) is 5. The van der Waals surface area contributed by atoms with E-state index in [0.717, 1.165) is 43.9 Å². The zero-order valence-corrected chi connectivity index (χ0v) is 16.9. The van der Waals surface area contributed by atoms with Crippen molar-refractivity contribution in [1.82, 2.24) is 4.98 Å². The largest absolute Gasteiger partial charge is 0.378 e. The third kappa shape index (κ3) is 4.98. The predicted molar refractivity (Wildman–Crippen MR) is 112 cm³/mol. The molecule has 0 spiro atoms. The Balaban J connectivity index is 1.56. The van der Waals surface area contributed by atoms with Crippen molar-refractivity contribution < 1.29 is 17.9 Å². The monoisotopic (exact) mass is 420 g/mol. The molecule has 0 aliphatic carbocycles. The lowest BCUT2D eigenvalue weighted by Crippen LogP contribution is -2.50.